The van der Waals surface area contributed by atoms with Crippen LogP contribution in [-0.4, -0.2) is 18.2 Å². The Bertz CT molecular complexity index is 790. The molecule has 0 aliphatic heterocycles. The number of hydrogen-bond acceptors (Lipinski definition) is 3. The zero-order valence-electron chi connectivity index (χ0n) is 10.4. The molecule has 0 spiro atoms. The van der Waals surface area contributed by atoms with Crippen molar-refractivity contribution in [1.29, 1.82) is 0 Å². The third-order valence-electron chi connectivity index (χ3n) is 3.26. The summed E-state index contributed by atoms with van der Waals surface area (Å²) in [6, 6.07) is 15.2. The maximum Gasteiger partial charge on any atom is 0.341 e. The Labute approximate surface area is 110 Å². The molecule has 3 rings (SSSR count). The highest BCUT2D eigenvalue weighted by atomic mass is 16.5. The summed E-state index contributed by atoms with van der Waals surface area (Å²) in [6.45, 7) is 0. The SMILES string of the molecule is COC(=O)c1ccc2cc3ccccc3cc2c1O. The van der Waals surface area contributed by atoms with Crippen molar-refractivity contribution in [3.05, 3.63) is 54.1 Å². The van der Waals surface area contributed by atoms with Gasteiger partial charge in [-0.25, -0.2) is 4.79 Å². The van der Waals surface area contributed by atoms with E-state index in [2.05, 4.69) is 4.74 Å². The van der Waals surface area contributed by atoms with Crippen molar-refractivity contribution in [3.63, 3.8) is 0 Å². The molecule has 0 aliphatic carbocycles. The molecular formula is C16H12O3. The lowest BCUT2D eigenvalue weighted by molar-refractivity contribution is 0.0598. The van der Waals surface area contributed by atoms with Gasteiger partial charge < -0.3 is 9.84 Å². The first-order valence-electron chi connectivity index (χ1n) is 5.93. The Kier molecular flexibility index (Phi) is 2.60. The van der Waals surface area contributed by atoms with Crippen molar-refractivity contribution in [2.24, 2.45) is 0 Å². The van der Waals surface area contributed by atoms with Crippen molar-refractivity contribution in [2.45, 2.75) is 0 Å². The number of esters is 1. The number of carbonyl (C=O) groups is 1. The standard InChI is InChI=1S/C16H12O3/c1-19-16(18)13-7-6-12-8-10-4-2-3-5-11(10)9-14(12)15(13)17/h2-9,17H,1H3. The van der Waals surface area contributed by atoms with E-state index in [-0.39, 0.29) is 11.3 Å². The molecule has 0 unspecified atom stereocenters. The predicted molar refractivity (Wildman–Crippen MR) is 74.5 cm³/mol. The van der Waals surface area contributed by atoms with Crippen molar-refractivity contribution in [3.8, 4) is 5.75 Å². The summed E-state index contributed by atoms with van der Waals surface area (Å²) < 4.78 is 4.65. The van der Waals surface area contributed by atoms with E-state index in [1.807, 2.05) is 42.5 Å². The van der Waals surface area contributed by atoms with Crippen molar-refractivity contribution in [1.82, 2.24) is 0 Å². The van der Waals surface area contributed by atoms with Crippen LogP contribution in [0.4, 0.5) is 0 Å². The number of rotatable bonds is 1. The predicted octanol–water partition coefficient (Wildman–Crippen LogP) is 3.49. The number of phenolic OH excluding ortho intramolecular Hbond substituents is 1. The highest BCUT2D eigenvalue weighted by Crippen LogP contribution is 2.32. The minimum atomic E-state index is -0.535. The van der Waals surface area contributed by atoms with E-state index in [4.69, 9.17) is 0 Å². The summed E-state index contributed by atoms with van der Waals surface area (Å²) in [5, 5.41) is 13.9. The van der Waals surface area contributed by atoms with Crippen LogP contribution >= 0.6 is 0 Å². The third-order valence-corrected chi connectivity index (χ3v) is 3.26. The van der Waals surface area contributed by atoms with E-state index in [9.17, 15) is 9.90 Å². The van der Waals surface area contributed by atoms with Crippen LogP contribution < -0.4 is 0 Å². The zero-order valence-corrected chi connectivity index (χ0v) is 10.4. The number of hydrogen-bond donors (Lipinski definition) is 1. The second kappa shape index (κ2) is 4.28. The number of carbonyl (C=O) groups excluding carboxylic acids is 1. The second-order valence-corrected chi connectivity index (χ2v) is 4.37. The molecule has 3 aromatic rings. The van der Waals surface area contributed by atoms with Gasteiger partial charge in [0, 0.05) is 5.39 Å². The number of benzene rings is 3. The molecule has 0 saturated carbocycles. The minimum Gasteiger partial charge on any atom is -0.506 e. The number of methoxy groups -OCH3 is 1. The number of fused-ring (bicyclic) bond motifs is 2. The normalized spacial score (nSPS) is 10.8. The maximum absolute atomic E-state index is 11.6. The Morgan fingerprint density at radius 3 is 2.37 bits per heavy atom. The van der Waals surface area contributed by atoms with Crippen molar-refractivity contribution >= 4 is 27.5 Å². The summed E-state index contributed by atoms with van der Waals surface area (Å²) in [5.41, 5.74) is 0.185. The van der Waals surface area contributed by atoms with Crippen LogP contribution in [0.5, 0.6) is 5.75 Å². The summed E-state index contributed by atoms with van der Waals surface area (Å²) in [5.74, 6) is -0.567. The third kappa shape index (κ3) is 1.80. The van der Waals surface area contributed by atoms with E-state index in [0.29, 0.717) is 5.39 Å². The van der Waals surface area contributed by atoms with Crippen molar-refractivity contribution in [2.75, 3.05) is 7.11 Å². The summed E-state index contributed by atoms with van der Waals surface area (Å²) in [6.07, 6.45) is 0. The van der Waals surface area contributed by atoms with Crippen LogP contribution in [0.2, 0.25) is 0 Å². The highest BCUT2D eigenvalue weighted by Gasteiger charge is 2.14. The fourth-order valence-corrected chi connectivity index (χ4v) is 2.27. The lowest BCUT2D eigenvalue weighted by Crippen LogP contribution is -2.01. The van der Waals surface area contributed by atoms with E-state index in [0.717, 1.165) is 16.2 Å². The van der Waals surface area contributed by atoms with E-state index in [1.165, 1.54) is 7.11 Å². The number of phenols is 1. The van der Waals surface area contributed by atoms with Gasteiger partial charge in [0.2, 0.25) is 0 Å². The summed E-state index contributed by atoms with van der Waals surface area (Å²) in [7, 11) is 1.30. The molecule has 1 N–H and O–H groups in total. The molecule has 0 radical (unpaired) electrons. The van der Waals surface area contributed by atoms with Gasteiger partial charge in [0.05, 0.1) is 7.11 Å². The minimum absolute atomic E-state index is 0.0323. The molecule has 0 amide bonds. The molecule has 3 nitrogen and oxygen atoms in total. The van der Waals surface area contributed by atoms with Crippen LogP contribution in [0, 0.1) is 0 Å². The quantitative estimate of drug-likeness (QED) is 0.532. The first-order chi connectivity index (χ1) is 9.20. The zero-order chi connectivity index (χ0) is 13.4. The molecule has 0 saturated heterocycles. The van der Waals surface area contributed by atoms with Crippen molar-refractivity contribution < 1.29 is 14.6 Å². The molecule has 19 heavy (non-hydrogen) atoms. The summed E-state index contributed by atoms with van der Waals surface area (Å²) in [4.78, 5) is 11.6. The Morgan fingerprint density at radius 1 is 1.00 bits per heavy atom. The fourth-order valence-electron chi connectivity index (χ4n) is 2.27. The molecule has 0 fully saturated rings. The van der Waals surface area contributed by atoms with Gasteiger partial charge in [-0.3, -0.25) is 0 Å². The number of aromatic hydroxyl groups is 1. The Hall–Kier alpha value is -2.55. The van der Waals surface area contributed by atoms with Crippen LogP contribution in [-0.2, 0) is 4.74 Å². The second-order valence-electron chi connectivity index (χ2n) is 4.37. The molecule has 94 valence electrons. The van der Waals surface area contributed by atoms with Gasteiger partial charge in [0.1, 0.15) is 11.3 Å². The number of ether oxygens (including phenoxy) is 1. The topological polar surface area (TPSA) is 46.5 Å². The van der Waals surface area contributed by atoms with Gasteiger partial charge in [-0.2, -0.15) is 0 Å². The van der Waals surface area contributed by atoms with Crippen LogP contribution in [0.1, 0.15) is 10.4 Å². The monoisotopic (exact) mass is 252 g/mol. The Balaban J connectivity index is 2.36. The maximum atomic E-state index is 11.6. The molecule has 3 aromatic carbocycles. The summed E-state index contributed by atoms with van der Waals surface area (Å²) >= 11 is 0. The molecule has 0 aromatic heterocycles. The lowest BCUT2D eigenvalue weighted by atomic mass is 10.0. The largest absolute Gasteiger partial charge is 0.506 e. The van der Waals surface area contributed by atoms with E-state index in [1.54, 1.807) is 6.07 Å². The van der Waals surface area contributed by atoms with Gasteiger partial charge in [-0.05, 0) is 34.4 Å². The molecule has 0 heterocycles. The van der Waals surface area contributed by atoms with Gasteiger partial charge in [-0.1, -0.05) is 30.3 Å². The van der Waals surface area contributed by atoms with Crippen LogP contribution in [0.25, 0.3) is 21.5 Å². The molecule has 0 aliphatic rings. The Morgan fingerprint density at radius 2 is 1.68 bits per heavy atom. The van der Waals surface area contributed by atoms with Gasteiger partial charge >= 0.3 is 5.97 Å². The fraction of sp³-hybridized carbons (Fsp3) is 0.0625. The first kappa shape index (κ1) is 11.5. The first-order valence-corrected chi connectivity index (χ1v) is 5.93. The van der Waals surface area contributed by atoms with E-state index >= 15 is 0 Å². The molecular weight excluding hydrogens is 240 g/mol. The smallest absolute Gasteiger partial charge is 0.341 e. The lowest BCUT2D eigenvalue weighted by Gasteiger charge is -2.08. The highest BCUT2D eigenvalue weighted by molar-refractivity contribution is 6.05. The van der Waals surface area contributed by atoms with Crippen LogP contribution in [0.3, 0.4) is 0 Å². The van der Waals surface area contributed by atoms with Crippen LogP contribution in [0.15, 0.2) is 48.5 Å². The molecule has 0 bridgehead atoms. The van der Waals surface area contributed by atoms with Gasteiger partial charge in [0.25, 0.3) is 0 Å². The van der Waals surface area contributed by atoms with E-state index < -0.39 is 5.97 Å². The average Bonchev–Trinajstić information content (AvgIpc) is 2.45. The van der Waals surface area contributed by atoms with Gasteiger partial charge in [-0.15, -0.1) is 0 Å². The van der Waals surface area contributed by atoms with Gasteiger partial charge in [0.15, 0.2) is 0 Å². The molecule has 0 atom stereocenters. The average molecular weight is 252 g/mol. The molecule has 3 heteroatoms.